The van der Waals surface area contributed by atoms with Crippen LogP contribution in [0.3, 0.4) is 0 Å². The minimum absolute atomic E-state index is 0.188. The highest BCUT2D eigenvalue weighted by molar-refractivity contribution is 5.76. The summed E-state index contributed by atoms with van der Waals surface area (Å²) >= 11 is 0. The fraction of sp³-hybridized carbons (Fsp3) is 0.758. The Morgan fingerprint density at radius 1 is 0.493 bits per heavy atom. The zero-order valence-electron chi connectivity index (χ0n) is 45.5. The van der Waals surface area contributed by atoms with Gasteiger partial charge in [0.05, 0.1) is 25.4 Å². The smallest absolute Gasteiger partial charge is 0.220 e. The first-order chi connectivity index (χ1) is 34.8. The molecule has 0 saturated carbocycles. The minimum atomic E-state index is -1.57. The Morgan fingerprint density at radius 3 is 1.35 bits per heavy atom. The summed E-state index contributed by atoms with van der Waals surface area (Å²) in [6, 6.07) is -0.824. The number of carbonyl (C=O) groups is 1. The molecule has 410 valence electrons. The SMILES string of the molecule is CC/C=C\C/C=C\C/C=C\C/C=C\C/C=C\CCCCCCCCCCCCCCCCCCCC(=O)NC(COC1OC(CO)C(O)C(O)C1O)C(O)/C=C/CC/C=C/CCCCCCCCCCC. The van der Waals surface area contributed by atoms with Crippen LogP contribution >= 0.6 is 0 Å². The number of amides is 1. The second kappa shape index (κ2) is 50.9. The highest BCUT2D eigenvalue weighted by Crippen LogP contribution is 2.23. The molecule has 9 heteroatoms. The van der Waals surface area contributed by atoms with Gasteiger partial charge in [0.1, 0.15) is 24.4 Å². The first-order valence-electron chi connectivity index (χ1n) is 29.3. The summed E-state index contributed by atoms with van der Waals surface area (Å²) in [5.74, 6) is -0.188. The summed E-state index contributed by atoms with van der Waals surface area (Å²) in [6.07, 6.45) is 65.1. The van der Waals surface area contributed by atoms with Gasteiger partial charge >= 0.3 is 0 Å². The van der Waals surface area contributed by atoms with Crippen LogP contribution in [-0.2, 0) is 14.3 Å². The molecule has 0 spiro atoms. The second-order valence-corrected chi connectivity index (χ2v) is 20.0. The quantitative estimate of drug-likeness (QED) is 0.0261. The van der Waals surface area contributed by atoms with Crippen molar-refractivity contribution < 1.29 is 39.8 Å². The summed E-state index contributed by atoms with van der Waals surface area (Å²) in [6.45, 7) is 3.65. The van der Waals surface area contributed by atoms with Crippen LogP contribution in [0, 0.1) is 0 Å². The maximum Gasteiger partial charge on any atom is 0.220 e. The predicted octanol–water partition coefficient (Wildman–Crippen LogP) is 14.6. The van der Waals surface area contributed by atoms with Gasteiger partial charge < -0.3 is 40.3 Å². The normalized spacial score (nSPS) is 19.9. The van der Waals surface area contributed by atoms with Crippen molar-refractivity contribution in [3.8, 4) is 0 Å². The monoisotopic (exact) mass is 996 g/mol. The van der Waals surface area contributed by atoms with Gasteiger partial charge in [-0.25, -0.2) is 0 Å². The van der Waals surface area contributed by atoms with Gasteiger partial charge in [0, 0.05) is 6.42 Å². The average molecular weight is 997 g/mol. The number of unbranched alkanes of at least 4 members (excludes halogenated alkanes) is 27. The van der Waals surface area contributed by atoms with Crippen LogP contribution in [0.4, 0.5) is 0 Å². The Labute approximate surface area is 435 Å². The van der Waals surface area contributed by atoms with Crippen LogP contribution in [0.15, 0.2) is 85.1 Å². The molecule has 1 rings (SSSR count). The lowest BCUT2D eigenvalue weighted by molar-refractivity contribution is -0.302. The number of allylic oxidation sites excluding steroid dienone is 13. The summed E-state index contributed by atoms with van der Waals surface area (Å²) in [5.41, 5.74) is 0. The molecule has 1 amide bonds. The molecule has 1 heterocycles. The van der Waals surface area contributed by atoms with E-state index >= 15 is 0 Å². The van der Waals surface area contributed by atoms with E-state index in [-0.39, 0.29) is 12.5 Å². The van der Waals surface area contributed by atoms with Crippen LogP contribution in [0.1, 0.15) is 245 Å². The lowest BCUT2D eigenvalue weighted by atomic mass is 9.99. The Kier molecular flexibility index (Phi) is 47.6. The van der Waals surface area contributed by atoms with Crippen molar-refractivity contribution in [2.75, 3.05) is 13.2 Å². The van der Waals surface area contributed by atoms with Crippen LogP contribution in [0.2, 0.25) is 0 Å². The number of rotatable bonds is 49. The molecule has 7 atom stereocenters. The maximum absolute atomic E-state index is 13.0. The molecule has 9 nitrogen and oxygen atoms in total. The van der Waals surface area contributed by atoms with E-state index in [1.807, 2.05) is 6.08 Å². The summed E-state index contributed by atoms with van der Waals surface area (Å²) in [4.78, 5) is 13.0. The molecule has 6 N–H and O–H groups in total. The number of aliphatic hydroxyl groups excluding tert-OH is 5. The molecule has 71 heavy (non-hydrogen) atoms. The third kappa shape index (κ3) is 40.4. The van der Waals surface area contributed by atoms with Gasteiger partial charge in [-0.3, -0.25) is 4.79 Å². The molecule has 7 unspecified atom stereocenters. The Bertz CT molecular complexity index is 1390. The van der Waals surface area contributed by atoms with Crippen molar-refractivity contribution >= 4 is 5.91 Å². The van der Waals surface area contributed by atoms with E-state index < -0.39 is 49.5 Å². The number of ether oxygens (including phenoxy) is 2. The molecule has 0 aromatic heterocycles. The van der Waals surface area contributed by atoms with Crippen molar-refractivity contribution in [3.63, 3.8) is 0 Å². The molecule has 0 aliphatic carbocycles. The minimum Gasteiger partial charge on any atom is -0.394 e. The molecule has 1 saturated heterocycles. The first-order valence-corrected chi connectivity index (χ1v) is 29.3. The van der Waals surface area contributed by atoms with Gasteiger partial charge in [0.2, 0.25) is 5.91 Å². The third-order valence-corrected chi connectivity index (χ3v) is 13.5. The van der Waals surface area contributed by atoms with Gasteiger partial charge in [-0.1, -0.05) is 247 Å². The van der Waals surface area contributed by atoms with Crippen molar-refractivity contribution in [2.45, 2.75) is 288 Å². The van der Waals surface area contributed by atoms with E-state index in [1.54, 1.807) is 6.08 Å². The lowest BCUT2D eigenvalue weighted by Crippen LogP contribution is -2.60. The van der Waals surface area contributed by atoms with Gasteiger partial charge in [-0.05, 0) is 77.0 Å². The van der Waals surface area contributed by atoms with E-state index in [1.165, 1.54) is 154 Å². The van der Waals surface area contributed by atoms with Crippen LogP contribution in [-0.4, -0.2) is 87.5 Å². The zero-order valence-corrected chi connectivity index (χ0v) is 45.5. The number of hydrogen-bond donors (Lipinski definition) is 6. The standard InChI is InChI=1S/C62H109NO8/c1-3-5-7-9-11-13-15-17-19-20-21-22-23-24-25-26-27-28-29-30-31-32-33-34-35-36-38-40-42-44-46-48-50-52-58(66)63-55(54-70-62-61(69)60(68)59(67)57(53-64)71-62)56(65)51-49-47-45-43-41-39-37-18-16-14-12-10-8-6-4-2/h5,7,11,13,17,19,21-22,24-25,41,43,49,51,55-57,59-62,64-65,67-69H,3-4,6,8-10,12,14-16,18,20,23,26-40,42,44-48,50,52-54H2,1-2H3,(H,63,66)/b7-5-,13-11-,19-17-,22-21-,25-24-,43-41+,51-49+. The average Bonchev–Trinajstić information content (AvgIpc) is 3.37. The molecule has 0 bridgehead atoms. The number of hydrogen-bond acceptors (Lipinski definition) is 8. The van der Waals surface area contributed by atoms with Crippen molar-refractivity contribution in [1.29, 1.82) is 0 Å². The van der Waals surface area contributed by atoms with Gasteiger partial charge in [-0.15, -0.1) is 0 Å². The maximum atomic E-state index is 13.0. The second-order valence-electron chi connectivity index (χ2n) is 20.0. The van der Waals surface area contributed by atoms with Gasteiger partial charge in [0.15, 0.2) is 6.29 Å². The van der Waals surface area contributed by atoms with E-state index in [2.05, 4.69) is 92.1 Å². The zero-order chi connectivity index (χ0) is 51.5. The lowest BCUT2D eigenvalue weighted by Gasteiger charge is -2.40. The molecule has 1 fully saturated rings. The fourth-order valence-electron chi connectivity index (χ4n) is 8.85. The van der Waals surface area contributed by atoms with Crippen molar-refractivity contribution in [2.24, 2.45) is 0 Å². The molecule has 0 aromatic carbocycles. The topological polar surface area (TPSA) is 149 Å². The molecule has 1 aliphatic heterocycles. The van der Waals surface area contributed by atoms with E-state index in [4.69, 9.17) is 9.47 Å². The predicted molar refractivity (Wildman–Crippen MR) is 299 cm³/mol. The molecule has 1 aliphatic rings. The molecular formula is C62H109NO8. The number of nitrogens with one attached hydrogen (secondary N) is 1. The van der Waals surface area contributed by atoms with Gasteiger partial charge in [0.25, 0.3) is 0 Å². The Balaban J connectivity index is 2.16. The Morgan fingerprint density at radius 2 is 0.887 bits per heavy atom. The summed E-state index contributed by atoms with van der Waals surface area (Å²) in [5, 5.41) is 54.4. The van der Waals surface area contributed by atoms with Crippen LogP contribution < -0.4 is 5.32 Å². The van der Waals surface area contributed by atoms with E-state index in [0.717, 1.165) is 70.6 Å². The summed E-state index contributed by atoms with van der Waals surface area (Å²) < 4.78 is 11.2. The Hall–Kier alpha value is -2.63. The van der Waals surface area contributed by atoms with Gasteiger partial charge in [-0.2, -0.15) is 0 Å². The highest BCUT2D eigenvalue weighted by Gasteiger charge is 2.44. The number of carbonyl (C=O) groups excluding carboxylic acids is 1. The van der Waals surface area contributed by atoms with Crippen molar-refractivity contribution in [3.05, 3.63) is 85.1 Å². The highest BCUT2D eigenvalue weighted by atomic mass is 16.7. The largest absolute Gasteiger partial charge is 0.394 e. The first kappa shape index (κ1) is 66.4. The summed E-state index contributed by atoms with van der Waals surface area (Å²) in [7, 11) is 0. The molecule has 0 radical (unpaired) electrons. The number of aliphatic hydroxyl groups is 5. The van der Waals surface area contributed by atoms with E-state index in [0.29, 0.717) is 6.42 Å². The molecule has 0 aromatic rings. The van der Waals surface area contributed by atoms with Crippen LogP contribution in [0.5, 0.6) is 0 Å². The van der Waals surface area contributed by atoms with Crippen LogP contribution in [0.25, 0.3) is 0 Å². The third-order valence-electron chi connectivity index (χ3n) is 13.5. The van der Waals surface area contributed by atoms with E-state index in [9.17, 15) is 30.3 Å². The molecular weight excluding hydrogens is 887 g/mol. The van der Waals surface area contributed by atoms with Crippen molar-refractivity contribution in [1.82, 2.24) is 5.32 Å². The fourth-order valence-corrected chi connectivity index (χ4v) is 8.85.